The molecule has 1 amide bonds. The number of nitrogens with zero attached hydrogens (tertiary/aromatic N) is 3. The number of hydrogen-bond acceptors (Lipinski definition) is 5. The van der Waals surface area contributed by atoms with E-state index in [1.807, 2.05) is 49.4 Å². The van der Waals surface area contributed by atoms with Crippen LogP contribution in [0.2, 0.25) is 0 Å². The van der Waals surface area contributed by atoms with E-state index in [4.69, 9.17) is 10.1 Å². The topological polar surface area (TPSA) is 57.1 Å². The summed E-state index contributed by atoms with van der Waals surface area (Å²) in [6.45, 7) is 4.09. The second-order valence-corrected chi connectivity index (χ2v) is 7.11. The quantitative estimate of drug-likeness (QED) is 0.900. The van der Waals surface area contributed by atoms with Gasteiger partial charge in [-0.2, -0.15) is 0 Å². The van der Waals surface area contributed by atoms with Gasteiger partial charge in [0.2, 0.25) is 0 Å². The maximum absolute atomic E-state index is 12.8. The lowest BCUT2D eigenvalue weighted by molar-refractivity contribution is -0.116. The Morgan fingerprint density at radius 3 is 2.72 bits per heavy atom. The van der Waals surface area contributed by atoms with Gasteiger partial charge in [0.1, 0.15) is 5.70 Å². The molecule has 4 rings (SSSR count). The van der Waals surface area contributed by atoms with Gasteiger partial charge in [-0.1, -0.05) is 61.2 Å². The average Bonchev–Trinajstić information content (AvgIpc) is 2.61. The third kappa shape index (κ3) is 2.72. The molecule has 0 aromatic heterocycles. The molecular formula is C19H18N4OS. The average molecular weight is 350 g/mol. The normalized spacial score (nSPS) is 18.7. The number of thioether (sulfide) groups is 1. The van der Waals surface area contributed by atoms with Crippen LogP contribution >= 0.6 is 11.8 Å². The van der Waals surface area contributed by atoms with E-state index in [1.165, 1.54) is 11.8 Å². The molecule has 5 nitrogen and oxygen atoms in total. The number of carbonyl (C=O) groups excluding carboxylic acids is 1. The van der Waals surface area contributed by atoms with Gasteiger partial charge in [-0.05, 0) is 24.3 Å². The lowest BCUT2D eigenvalue weighted by Gasteiger charge is -2.34. The Balaban J connectivity index is 1.98. The summed E-state index contributed by atoms with van der Waals surface area (Å²) in [7, 11) is 0. The molecule has 0 spiro atoms. The van der Waals surface area contributed by atoms with Gasteiger partial charge in [0, 0.05) is 10.8 Å². The number of hydrazone groups is 1. The first-order valence-corrected chi connectivity index (χ1v) is 9.22. The molecule has 2 aromatic carbocycles. The van der Waals surface area contributed by atoms with Crippen LogP contribution in [0.5, 0.6) is 0 Å². The number of para-hydroxylation sites is 1. The molecule has 0 aliphatic carbocycles. The highest BCUT2D eigenvalue weighted by Gasteiger charge is 2.34. The van der Waals surface area contributed by atoms with E-state index in [0.29, 0.717) is 10.9 Å². The van der Waals surface area contributed by atoms with Crippen molar-refractivity contribution < 1.29 is 4.79 Å². The number of nitrogens with one attached hydrogen (secondary N) is 1. The van der Waals surface area contributed by atoms with Crippen LogP contribution in [-0.4, -0.2) is 21.8 Å². The van der Waals surface area contributed by atoms with Crippen LogP contribution in [0.15, 0.2) is 58.6 Å². The standard InChI is InChI=1S/C19H18N4OS/c1-3-25-19-21-18(24)16-14-10-6-7-11-15(14)20-17(23(16)22-19)13-9-5-4-8-12(13)2/h4-11,17H,3H2,1-2H3,(H,21,22,24)/t17-/m1/s1. The zero-order valence-electron chi connectivity index (χ0n) is 14.1. The van der Waals surface area contributed by atoms with Crippen molar-refractivity contribution in [3.05, 3.63) is 70.2 Å². The van der Waals surface area contributed by atoms with Crippen molar-refractivity contribution in [2.75, 3.05) is 5.75 Å². The molecule has 0 fully saturated rings. The maximum Gasteiger partial charge on any atom is 0.276 e. The molecule has 2 aliphatic heterocycles. The first kappa shape index (κ1) is 15.9. The van der Waals surface area contributed by atoms with Crippen LogP contribution < -0.4 is 15.9 Å². The summed E-state index contributed by atoms with van der Waals surface area (Å²) in [5.74, 6) is 0.706. The Morgan fingerprint density at radius 2 is 1.92 bits per heavy atom. The molecule has 6 heteroatoms. The smallest absolute Gasteiger partial charge is 0.276 e. The predicted molar refractivity (Wildman–Crippen MR) is 100 cm³/mol. The molecule has 2 aliphatic rings. The Morgan fingerprint density at radius 1 is 1.16 bits per heavy atom. The van der Waals surface area contributed by atoms with E-state index in [2.05, 4.69) is 18.3 Å². The van der Waals surface area contributed by atoms with Crippen LogP contribution in [0, 0.1) is 6.92 Å². The third-order valence-electron chi connectivity index (χ3n) is 4.26. The Hall–Kier alpha value is -2.60. The fraction of sp³-hybridized carbons (Fsp3) is 0.211. The molecule has 0 unspecified atom stereocenters. The van der Waals surface area contributed by atoms with Gasteiger partial charge < -0.3 is 0 Å². The number of benzene rings is 2. The monoisotopic (exact) mass is 350 g/mol. The van der Waals surface area contributed by atoms with Crippen LogP contribution in [0.3, 0.4) is 0 Å². The minimum atomic E-state index is -0.343. The zero-order valence-corrected chi connectivity index (χ0v) is 14.9. The van der Waals surface area contributed by atoms with E-state index in [1.54, 1.807) is 5.01 Å². The molecule has 2 aromatic rings. The van der Waals surface area contributed by atoms with Crippen molar-refractivity contribution in [3.8, 4) is 0 Å². The minimum absolute atomic E-state index is 0.133. The van der Waals surface area contributed by atoms with Gasteiger partial charge in [-0.15, -0.1) is 5.10 Å². The number of amides is 1. The Kier molecular flexibility index (Phi) is 4.05. The van der Waals surface area contributed by atoms with Gasteiger partial charge in [0.15, 0.2) is 11.3 Å². The van der Waals surface area contributed by atoms with E-state index < -0.39 is 0 Å². The lowest BCUT2D eigenvalue weighted by atomic mass is 10.0. The third-order valence-corrected chi connectivity index (χ3v) is 5.01. The summed E-state index contributed by atoms with van der Waals surface area (Å²) in [5, 5.41) is 11.6. The molecule has 1 N–H and O–H groups in total. The molecule has 0 bridgehead atoms. The highest BCUT2D eigenvalue weighted by Crippen LogP contribution is 2.32. The van der Waals surface area contributed by atoms with Crippen molar-refractivity contribution >= 4 is 28.5 Å². The molecule has 1 atom stereocenters. The molecule has 126 valence electrons. The second-order valence-electron chi connectivity index (χ2n) is 5.86. The Bertz CT molecular complexity index is 998. The van der Waals surface area contributed by atoms with E-state index in [9.17, 15) is 4.79 Å². The summed E-state index contributed by atoms with van der Waals surface area (Å²) in [4.78, 5) is 17.7. The van der Waals surface area contributed by atoms with Crippen LogP contribution in [0.4, 0.5) is 0 Å². The Labute approximate surface area is 150 Å². The second kappa shape index (κ2) is 6.37. The van der Waals surface area contributed by atoms with Crippen molar-refractivity contribution in [3.63, 3.8) is 0 Å². The molecular weight excluding hydrogens is 332 g/mol. The molecule has 25 heavy (non-hydrogen) atoms. The van der Waals surface area contributed by atoms with E-state index in [-0.39, 0.29) is 12.1 Å². The van der Waals surface area contributed by atoms with Gasteiger partial charge >= 0.3 is 0 Å². The molecule has 0 saturated heterocycles. The largest absolute Gasteiger partial charge is 0.298 e. The fourth-order valence-electron chi connectivity index (χ4n) is 3.11. The highest BCUT2D eigenvalue weighted by atomic mass is 32.2. The summed E-state index contributed by atoms with van der Waals surface area (Å²) < 4.78 is 0. The molecule has 0 radical (unpaired) electrons. The minimum Gasteiger partial charge on any atom is -0.298 e. The van der Waals surface area contributed by atoms with Crippen LogP contribution in [-0.2, 0) is 4.79 Å². The van der Waals surface area contributed by atoms with Crippen LogP contribution in [0.25, 0.3) is 5.70 Å². The zero-order chi connectivity index (χ0) is 17.4. The van der Waals surface area contributed by atoms with Crippen LogP contribution in [0.1, 0.15) is 24.2 Å². The molecule has 2 heterocycles. The number of amidine groups is 1. The summed E-state index contributed by atoms with van der Waals surface area (Å²) >= 11 is 1.52. The number of carbonyl (C=O) groups is 1. The number of aryl methyl sites for hydroxylation is 1. The van der Waals surface area contributed by atoms with Crippen molar-refractivity contribution in [1.82, 2.24) is 10.3 Å². The number of hydrogen-bond donors (Lipinski definition) is 1. The van der Waals surface area contributed by atoms with E-state index in [0.717, 1.165) is 27.5 Å². The maximum atomic E-state index is 12.8. The number of fused-ring (bicyclic) bond motifs is 2. The van der Waals surface area contributed by atoms with Gasteiger partial charge in [-0.3, -0.25) is 15.1 Å². The van der Waals surface area contributed by atoms with Gasteiger partial charge in [0.05, 0.1) is 5.36 Å². The predicted octanol–water partition coefficient (Wildman–Crippen LogP) is 1.89. The molecule has 0 saturated carbocycles. The van der Waals surface area contributed by atoms with Crippen molar-refractivity contribution in [2.45, 2.75) is 20.0 Å². The summed E-state index contributed by atoms with van der Waals surface area (Å²) in [6.07, 6.45) is -0.343. The lowest BCUT2D eigenvalue weighted by Crippen LogP contribution is -2.50. The van der Waals surface area contributed by atoms with Crippen molar-refractivity contribution in [1.29, 1.82) is 0 Å². The van der Waals surface area contributed by atoms with Crippen molar-refractivity contribution in [2.24, 2.45) is 10.1 Å². The van der Waals surface area contributed by atoms with E-state index >= 15 is 0 Å². The summed E-state index contributed by atoms with van der Waals surface area (Å²) in [5.41, 5.74) is 2.73. The highest BCUT2D eigenvalue weighted by molar-refractivity contribution is 8.13. The summed E-state index contributed by atoms with van der Waals surface area (Å²) in [6, 6.07) is 15.8. The fourth-order valence-corrected chi connectivity index (χ4v) is 3.69. The SMILES string of the molecule is CCSC1=NN2C(=c3ccccc3=N[C@H]2c2ccccc2C)C(=O)N1. The van der Waals surface area contributed by atoms with Gasteiger partial charge in [-0.25, -0.2) is 5.01 Å². The first-order chi connectivity index (χ1) is 12.2. The number of rotatable bonds is 2. The first-order valence-electron chi connectivity index (χ1n) is 8.23. The van der Waals surface area contributed by atoms with Gasteiger partial charge in [0.25, 0.3) is 5.91 Å².